The van der Waals surface area contributed by atoms with E-state index in [0.29, 0.717) is 28.8 Å². The molecule has 0 radical (unpaired) electrons. The van der Waals surface area contributed by atoms with Crippen molar-refractivity contribution in [3.63, 3.8) is 0 Å². The van der Waals surface area contributed by atoms with E-state index in [0.717, 1.165) is 22.4 Å². The van der Waals surface area contributed by atoms with Crippen LogP contribution in [-0.2, 0) is 0 Å². The highest BCUT2D eigenvalue weighted by Gasteiger charge is 2.17. The van der Waals surface area contributed by atoms with Crippen LogP contribution in [-0.4, -0.2) is 45.7 Å². The molecule has 34 heavy (non-hydrogen) atoms. The van der Waals surface area contributed by atoms with Gasteiger partial charge in [0.25, 0.3) is 0 Å². The fourth-order valence-electron chi connectivity index (χ4n) is 3.45. The average molecular weight is 454 g/mol. The normalized spacial score (nSPS) is 12.2. The third-order valence-electron chi connectivity index (χ3n) is 5.33. The number of aliphatic imine (C=N–C) groups is 1. The Morgan fingerprint density at radius 1 is 1.03 bits per heavy atom. The fourth-order valence-corrected chi connectivity index (χ4v) is 3.45. The van der Waals surface area contributed by atoms with E-state index in [1.165, 1.54) is 0 Å². The maximum Gasteiger partial charge on any atom is 0.154 e. The molecule has 4 aromatic rings. The third-order valence-corrected chi connectivity index (χ3v) is 5.33. The molecule has 8 nitrogen and oxygen atoms in total. The van der Waals surface area contributed by atoms with Crippen molar-refractivity contribution in [2.75, 3.05) is 19.0 Å². The van der Waals surface area contributed by atoms with Gasteiger partial charge < -0.3 is 15.5 Å². The van der Waals surface area contributed by atoms with Crippen LogP contribution in [0.15, 0.2) is 72.0 Å². The molecule has 8 heteroatoms. The van der Waals surface area contributed by atoms with Gasteiger partial charge in [-0.05, 0) is 53.4 Å². The van der Waals surface area contributed by atoms with Crippen LogP contribution < -0.4 is 10.1 Å². The summed E-state index contributed by atoms with van der Waals surface area (Å²) in [6, 6.07) is 17.1. The number of hydrogen-bond acceptors (Lipinski definition) is 8. The zero-order chi connectivity index (χ0) is 23.9. The molecule has 0 aliphatic carbocycles. The number of nitrogens with zero attached hydrogens (tertiary/aromatic N) is 5. The number of ether oxygens (including phenoxy) is 1. The molecular weight excluding hydrogens is 426 g/mol. The molecule has 0 spiro atoms. The summed E-state index contributed by atoms with van der Waals surface area (Å²) in [4.78, 5) is 13.4. The molecule has 0 amide bonds. The molecule has 1 aromatic carbocycles. The van der Waals surface area contributed by atoms with E-state index in [4.69, 9.17) is 15.1 Å². The Morgan fingerprint density at radius 2 is 1.85 bits per heavy atom. The van der Waals surface area contributed by atoms with Gasteiger partial charge in [-0.3, -0.25) is 9.98 Å². The van der Waals surface area contributed by atoms with Gasteiger partial charge in [0.05, 0.1) is 28.9 Å². The monoisotopic (exact) mass is 453 g/mol. The van der Waals surface area contributed by atoms with Gasteiger partial charge >= 0.3 is 0 Å². The third kappa shape index (κ3) is 5.58. The van der Waals surface area contributed by atoms with E-state index in [-0.39, 0.29) is 12.5 Å². The van der Waals surface area contributed by atoms with Crippen molar-refractivity contribution in [2.24, 2.45) is 4.99 Å². The maximum absolute atomic E-state index is 8.60. The number of benzene rings is 1. The van der Waals surface area contributed by atoms with Crippen molar-refractivity contribution < 1.29 is 4.74 Å². The molecule has 0 aliphatic heterocycles. The Morgan fingerprint density at radius 3 is 2.62 bits per heavy atom. The Labute approximate surface area is 198 Å². The number of rotatable bonds is 9. The van der Waals surface area contributed by atoms with Crippen molar-refractivity contribution in [1.82, 2.24) is 20.2 Å². The summed E-state index contributed by atoms with van der Waals surface area (Å²) >= 11 is 0. The molecule has 0 saturated carbocycles. The molecule has 172 valence electrons. The number of fused-ring (bicyclic) bond motifs is 1. The lowest BCUT2D eigenvalue weighted by molar-refractivity contribution is 0.373. The topological polar surface area (TPSA) is 109 Å². The summed E-state index contributed by atoms with van der Waals surface area (Å²) in [5.74, 6) is 1.99. The van der Waals surface area contributed by atoms with Gasteiger partial charge in [-0.25, -0.2) is 4.98 Å². The second-order valence-corrected chi connectivity index (χ2v) is 8.17. The van der Waals surface area contributed by atoms with Crippen LogP contribution in [0.2, 0.25) is 0 Å². The number of nitrogens with one attached hydrogen (secondary N) is 2. The molecule has 0 saturated heterocycles. The maximum atomic E-state index is 8.60. The van der Waals surface area contributed by atoms with E-state index in [9.17, 15) is 0 Å². The first-order valence-electron chi connectivity index (χ1n) is 11.1. The first-order chi connectivity index (χ1) is 16.5. The Bertz CT molecular complexity index is 1310. The Kier molecular flexibility index (Phi) is 7.17. The van der Waals surface area contributed by atoms with Crippen LogP contribution in [0.3, 0.4) is 0 Å². The standard InChI is InChI=1S/C26H27N7O/c1-17(2)18-12-26(33-30-14-18)32-25-10-9-23-24(31-25)11-19(13-29-23)21(15-28-3)22(27)16-34-20-7-5-4-6-8-20/h4-15,17,21,27H,16H2,1-3H3,(H,31,32,33). The predicted octanol–water partition coefficient (Wildman–Crippen LogP) is 5.17. The summed E-state index contributed by atoms with van der Waals surface area (Å²) in [5, 5.41) is 20.1. The van der Waals surface area contributed by atoms with Gasteiger partial charge in [-0.1, -0.05) is 32.0 Å². The number of aromatic nitrogens is 4. The minimum atomic E-state index is -0.363. The second-order valence-electron chi connectivity index (χ2n) is 8.17. The zero-order valence-corrected chi connectivity index (χ0v) is 19.4. The highest BCUT2D eigenvalue weighted by Crippen LogP contribution is 2.23. The van der Waals surface area contributed by atoms with E-state index >= 15 is 0 Å². The van der Waals surface area contributed by atoms with E-state index in [1.807, 2.05) is 54.6 Å². The van der Waals surface area contributed by atoms with Crippen molar-refractivity contribution in [3.05, 3.63) is 78.1 Å². The smallest absolute Gasteiger partial charge is 0.154 e. The second kappa shape index (κ2) is 10.6. The van der Waals surface area contributed by atoms with Gasteiger partial charge in [0.15, 0.2) is 5.82 Å². The van der Waals surface area contributed by atoms with Crippen LogP contribution in [0.5, 0.6) is 5.75 Å². The molecule has 4 rings (SSSR count). The van der Waals surface area contributed by atoms with Crippen molar-refractivity contribution >= 4 is 34.6 Å². The lowest BCUT2D eigenvalue weighted by Crippen LogP contribution is -2.21. The minimum absolute atomic E-state index is 0.151. The Hall–Kier alpha value is -4.20. The molecule has 3 heterocycles. The van der Waals surface area contributed by atoms with Crippen LogP contribution in [0.1, 0.15) is 36.8 Å². The first kappa shape index (κ1) is 23.0. The lowest BCUT2D eigenvalue weighted by atomic mass is 9.96. The lowest BCUT2D eigenvalue weighted by Gasteiger charge is -2.15. The van der Waals surface area contributed by atoms with Gasteiger partial charge in [-0.2, -0.15) is 5.10 Å². The highest BCUT2D eigenvalue weighted by atomic mass is 16.5. The van der Waals surface area contributed by atoms with Crippen LogP contribution in [0.25, 0.3) is 11.0 Å². The molecule has 2 N–H and O–H groups in total. The van der Waals surface area contributed by atoms with Crippen molar-refractivity contribution in [3.8, 4) is 5.75 Å². The van der Waals surface area contributed by atoms with E-state index in [1.54, 1.807) is 25.7 Å². The molecular formula is C26H27N7O. The number of hydrogen-bond donors (Lipinski definition) is 2. The molecule has 0 bridgehead atoms. The van der Waals surface area contributed by atoms with Gasteiger partial charge in [0.1, 0.15) is 18.2 Å². The summed E-state index contributed by atoms with van der Waals surface area (Å²) in [7, 11) is 1.69. The van der Waals surface area contributed by atoms with Crippen LogP contribution in [0, 0.1) is 5.41 Å². The summed E-state index contributed by atoms with van der Waals surface area (Å²) in [6.45, 7) is 4.38. The minimum Gasteiger partial charge on any atom is -0.488 e. The number of anilines is 2. The number of pyridine rings is 2. The predicted molar refractivity (Wildman–Crippen MR) is 136 cm³/mol. The first-order valence-corrected chi connectivity index (χ1v) is 11.1. The van der Waals surface area contributed by atoms with E-state index in [2.05, 4.69) is 39.3 Å². The molecule has 1 unspecified atom stereocenters. The summed E-state index contributed by atoms with van der Waals surface area (Å²) in [5.41, 5.74) is 3.77. The molecule has 3 aromatic heterocycles. The molecule has 0 aliphatic rings. The van der Waals surface area contributed by atoms with Gasteiger partial charge in [0.2, 0.25) is 0 Å². The van der Waals surface area contributed by atoms with Gasteiger partial charge in [0, 0.05) is 19.5 Å². The molecule has 1 atom stereocenters. The van der Waals surface area contributed by atoms with Crippen LogP contribution >= 0.6 is 0 Å². The van der Waals surface area contributed by atoms with Crippen LogP contribution in [0.4, 0.5) is 11.6 Å². The SMILES string of the molecule is CN=CC(C(=N)COc1ccccc1)c1cnc2ccc(Nc3cc(C(C)C)cnn3)nc2c1. The largest absolute Gasteiger partial charge is 0.488 e. The van der Waals surface area contributed by atoms with Crippen molar-refractivity contribution in [2.45, 2.75) is 25.7 Å². The summed E-state index contributed by atoms with van der Waals surface area (Å²) in [6.07, 6.45) is 5.26. The number of para-hydroxylation sites is 1. The summed E-state index contributed by atoms with van der Waals surface area (Å²) < 4.78 is 5.77. The zero-order valence-electron chi connectivity index (χ0n) is 19.4. The van der Waals surface area contributed by atoms with Gasteiger partial charge in [-0.15, -0.1) is 5.10 Å². The van der Waals surface area contributed by atoms with Crippen molar-refractivity contribution in [1.29, 1.82) is 5.41 Å². The fraction of sp³-hybridized carbons (Fsp3) is 0.231. The average Bonchev–Trinajstić information content (AvgIpc) is 2.86. The Balaban J connectivity index is 1.56. The van der Waals surface area contributed by atoms with E-state index < -0.39 is 0 Å². The molecule has 0 fully saturated rings. The quantitative estimate of drug-likeness (QED) is 0.338. The highest BCUT2D eigenvalue weighted by molar-refractivity contribution is 6.03.